The number of halogens is 1. The number of carbonyl (C=O) groups excluding carboxylic acids is 2. The van der Waals surface area contributed by atoms with E-state index in [0.29, 0.717) is 36.2 Å². The van der Waals surface area contributed by atoms with E-state index in [1.807, 2.05) is 65.0 Å². The van der Waals surface area contributed by atoms with Gasteiger partial charge in [0.15, 0.2) is 6.61 Å². The Morgan fingerprint density at radius 3 is 2.39 bits per heavy atom. The number of hydrogen-bond donors (Lipinski definition) is 1. The van der Waals surface area contributed by atoms with Crippen molar-refractivity contribution in [3.8, 4) is 5.75 Å². The highest BCUT2D eigenvalue weighted by molar-refractivity contribution is 6.30. The molecule has 0 aliphatic heterocycles. The molecular formula is C25H33ClN2O3. The van der Waals surface area contributed by atoms with Gasteiger partial charge in [0.05, 0.1) is 0 Å². The summed E-state index contributed by atoms with van der Waals surface area (Å²) in [7, 11) is 0. The molecule has 6 heteroatoms. The number of amides is 2. The van der Waals surface area contributed by atoms with Crippen LogP contribution in [-0.4, -0.2) is 35.9 Å². The molecule has 0 heterocycles. The molecule has 1 atom stereocenters. The number of aryl methyl sites for hydroxylation is 1. The van der Waals surface area contributed by atoms with Crippen molar-refractivity contribution in [2.75, 3.05) is 13.2 Å². The van der Waals surface area contributed by atoms with Gasteiger partial charge in [0, 0.05) is 18.1 Å². The number of ether oxygens (including phenoxy) is 1. The molecule has 0 radical (unpaired) electrons. The van der Waals surface area contributed by atoms with Gasteiger partial charge in [-0.15, -0.1) is 0 Å². The first-order chi connectivity index (χ1) is 14.7. The van der Waals surface area contributed by atoms with E-state index < -0.39 is 6.04 Å². The highest BCUT2D eigenvalue weighted by Gasteiger charge is 2.29. The molecule has 0 fully saturated rings. The number of benzene rings is 2. The molecule has 0 aromatic heterocycles. The van der Waals surface area contributed by atoms with Gasteiger partial charge in [-0.05, 0) is 61.1 Å². The van der Waals surface area contributed by atoms with Crippen LogP contribution in [0.5, 0.6) is 5.75 Å². The van der Waals surface area contributed by atoms with Crippen LogP contribution in [0.25, 0.3) is 0 Å². The fourth-order valence-electron chi connectivity index (χ4n) is 3.23. The smallest absolute Gasteiger partial charge is 0.261 e. The van der Waals surface area contributed by atoms with Gasteiger partial charge in [0.1, 0.15) is 11.8 Å². The molecule has 5 nitrogen and oxygen atoms in total. The largest absolute Gasteiger partial charge is 0.483 e. The first-order valence-electron chi connectivity index (χ1n) is 10.7. The summed E-state index contributed by atoms with van der Waals surface area (Å²) >= 11 is 6.00. The van der Waals surface area contributed by atoms with Gasteiger partial charge in [-0.2, -0.15) is 0 Å². The summed E-state index contributed by atoms with van der Waals surface area (Å²) in [4.78, 5) is 27.7. The van der Waals surface area contributed by atoms with Crippen LogP contribution in [0, 0.1) is 19.8 Å². The van der Waals surface area contributed by atoms with Crippen LogP contribution in [0.15, 0.2) is 42.5 Å². The maximum atomic E-state index is 13.2. The predicted octanol–water partition coefficient (Wildman–Crippen LogP) is 4.92. The van der Waals surface area contributed by atoms with Crippen molar-refractivity contribution in [1.29, 1.82) is 0 Å². The van der Waals surface area contributed by atoms with Crippen molar-refractivity contribution in [2.24, 2.45) is 5.92 Å². The van der Waals surface area contributed by atoms with Crippen LogP contribution in [0.4, 0.5) is 0 Å². The Morgan fingerprint density at radius 1 is 1.10 bits per heavy atom. The van der Waals surface area contributed by atoms with Crippen LogP contribution in [0.2, 0.25) is 5.02 Å². The molecule has 0 saturated heterocycles. The van der Waals surface area contributed by atoms with Crippen molar-refractivity contribution in [3.05, 3.63) is 64.2 Å². The van der Waals surface area contributed by atoms with E-state index in [0.717, 1.165) is 16.7 Å². The molecule has 2 aromatic carbocycles. The zero-order chi connectivity index (χ0) is 23.0. The third-order valence-corrected chi connectivity index (χ3v) is 5.49. The highest BCUT2D eigenvalue weighted by atomic mass is 35.5. The van der Waals surface area contributed by atoms with E-state index in [1.54, 1.807) is 17.0 Å². The number of rotatable bonds is 10. The number of nitrogens with zero attached hydrogens (tertiary/aromatic N) is 1. The standard InChI is InChI=1S/C25H33ClN2O3/c1-6-22(25(30)27-14-17(2)3)28(15-20-10-12-21(26)13-11-20)24(29)16-31-23-9-7-8-18(4)19(23)5/h7-13,17,22H,6,14-16H2,1-5H3,(H,27,30). The molecule has 168 valence electrons. The molecule has 2 rings (SSSR count). The SMILES string of the molecule is CCC(C(=O)NCC(C)C)N(Cc1ccc(Cl)cc1)C(=O)COc1cccc(C)c1C. The van der Waals surface area contributed by atoms with Crippen LogP contribution in [0.1, 0.15) is 43.9 Å². The van der Waals surface area contributed by atoms with Gasteiger partial charge in [0.25, 0.3) is 5.91 Å². The first-order valence-corrected chi connectivity index (χ1v) is 11.1. The fourth-order valence-corrected chi connectivity index (χ4v) is 3.36. The highest BCUT2D eigenvalue weighted by Crippen LogP contribution is 2.21. The van der Waals surface area contributed by atoms with Crippen LogP contribution in [0.3, 0.4) is 0 Å². The second kappa shape index (κ2) is 11.8. The van der Waals surface area contributed by atoms with E-state index in [2.05, 4.69) is 5.32 Å². The van der Waals surface area contributed by atoms with Crippen LogP contribution >= 0.6 is 11.6 Å². The van der Waals surface area contributed by atoms with Gasteiger partial charge < -0.3 is 15.0 Å². The first kappa shape index (κ1) is 24.7. The van der Waals surface area contributed by atoms with Gasteiger partial charge in [-0.3, -0.25) is 9.59 Å². The van der Waals surface area contributed by atoms with Crippen molar-refractivity contribution < 1.29 is 14.3 Å². The predicted molar refractivity (Wildman–Crippen MR) is 125 cm³/mol. The van der Waals surface area contributed by atoms with Gasteiger partial charge in [0.2, 0.25) is 5.91 Å². The van der Waals surface area contributed by atoms with Gasteiger partial charge >= 0.3 is 0 Å². The summed E-state index contributed by atoms with van der Waals surface area (Å²) < 4.78 is 5.85. The monoisotopic (exact) mass is 444 g/mol. The Labute approximate surface area is 190 Å². The summed E-state index contributed by atoms with van der Waals surface area (Å²) in [5.41, 5.74) is 3.00. The zero-order valence-electron chi connectivity index (χ0n) is 19.1. The molecule has 31 heavy (non-hydrogen) atoms. The van der Waals surface area contributed by atoms with Crippen molar-refractivity contribution in [2.45, 2.75) is 53.6 Å². The normalized spacial score (nSPS) is 11.8. The average Bonchev–Trinajstić information content (AvgIpc) is 2.74. The maximum absolute atomic E-state index is 13.2. The lowest BCUT2D eigenvalue weighted by Gasteiger charge is -2.31. The third-order valence-electron chi connectivity index (χ3n) is 5.24. The lowest BCUT2D eigenvalue weighted by Crippen LogP contribution is -2.50. The minimum atomic E-state index is -0.580. The number of nitrogens with one attached hydrogen (secondary N) is 1. The lowest BCUT2D eigenvalue weighted by molar-refractivity contribution is -0.143. The van der Waals surface area contributed by atoms with Crippen molar-refractivity contribution >= 4 is 23.4 Å². The van der Waals surface area contributed by atoms with Gasteiger partial charge in [-0.25, -0.2) is 0 Å². The minimum Gasteiger partial charge on any atom is -0.483 e. The molecule has 0 spiro atoms. The summed E-state index contributed by atoms with van der Waals surface area (Å²) in [5.74, 6) is 0.624. The maximum Gasteiger partial charge on any atom is 0.261 e. The van der Waals surface area contributed by atoms with E-state index in [9.17, 15) is 9.59 Å². The average molecular weight is 445 g/mol. The molecule has 1 N–H and O–H groups in total. The number of hydrogen-bond acceptors (Lipinski definition) is 3. The molecule has 0 aliphatic rings. The molecule has 1 unspecified atom stereocenters. The second-order valence-electron chi connectivity index (χ2n) is 8.20. The van der Waals surface area contributed by atoms with Crippen LogP contribution in [-0.2, 0) is 16.1 Å². The molecule has 0 saturated carbocycles. The summed E-state index contributed by atoms with van der Waals surface area (Å²) in [6, 6.07) is 12.5. The second-order valence-corrected chi connectivity index (χ2v) is 8.63. The molecule has 2 amide bonds. The summed E-state index contributed by atoms with van der Waals surface area (Å²) in [6.45, 7) is 10.7. The van der Waals surface area contributed by atoms with Gasteiger partial charge in [-0.1, -0.05) is 56.6 Å². The lowest BCUT2D eigenvalue weighted by atomic mass is 10.1. The molecule has 0 aliphatic carbocycles. The van der Waals surface area contributed by atoms with E-state index in [-0.39, 0.29) is 18.4 Å². The Hall–Kier alpha value is -2.53. The molecule has 2 aromatic rings. The van der Waals surface area contributed by atoms with Crippen molar-refractivity contribution in [3.63, 3.8) is 0 Å². The van der Waals surface area contributed by atoms with E-state index >= 15 is 0 Å². The Bertz CT molecular complexity index is 881. The Balaban J connectivity index is 2.21. The van der Waals surface area contributed by atoms with Crippen LogP contribution < -0.4 is 10.1 Å². The summed E-state index contributed by atoms with van der Waals surface area (Å²) in [6.07, 6.45) is 0.507. The van der Waals surface area contributed by atoms with E-state index in [4.69, 9.17) is 16.3 Å². The Morgan fingerprint density at radius 2 is 1.77 bits per heavy atom. The summed E-state index contributed by atoms with van der Waals surface area (Å²) in [5, 5.41) is 3.59. The Kier molecular flexibility index (Phi) is 9.38. The fraction of sp³-hybridized carbons (Fsp3) is 0.440. The minimum absolute atomic E-state index is 0.133. The number of carbonyl (C=O) groups is 2. The third kappa shape index (κ3) is 7.28. The topological polar surface area (TPSA) is 58.6 Å². The molecular weight excluding hydrogens is 412 g/mol. The van der Waals surface area contributed by atoms with Crippen molar-refractivity contribution in [1.82, 2.24) is 10.2 Å². The zero-order valence-corrected chi connectivity index (χ0v) is 19.8. The quantitative estimate of drug-likeness (QED) is 0.566. The van der Waals surface area contributed by atoms with E-state index in [1.165, 1.54) is 0 Å². The molecule has 0 bridgehead atoms.